The first-order valence-electron chi connectivity index (χ1n) is 7.75. The highest BCUT2D eigenvalue weighted by molar-refractivity contribution is 9.09. The summed E-state index contributed by atoms with van der Waals surface area (Å²) in [7, 11) is 0. The molecule has 0 aliphatic heterocycles. The molecule has 1 aromatic rings. The maximum Gasteiger partial charge on any atom is 0.0989 e. The minimum absolute atomic E-state index is 0.0468. The zero-order valence-corrected chi connectivity index (χ0v) is 12.6. The zero-order chi connectivity index (χ0) is 13.4. The lowest BCUT2D eigenvalue weighted by Gasteiger charge is -2.38. The average molecular weight is 333 g/mol. The van der Waals surface area contributed by atoms with Crippen molar-refractivity contribution >= 4 is 15.9 Å². The van der Waals surface area contributed by atoms with E-state index >= 15 is 0 Å². The summed E-state index contributed by atoms with van der Waals surface area (Å²) in [6, 6.07) is 10.1. The van der Waals surface area contributed by atoms with Gasteiger partial charge in [0.2, 0.25) is 0 Å². The van der Waals surface area contributed by atoms with Gasteiger partial charge in [-0.05, 0) is 41.6 Å². The fourth-order valence-corrected chi connectivity index (χ4v) is 9.06. The Morgan fingerprint density at radius 1 is 1.00 bits per heavy atom. The van der Waals surface area contributed by atoms with Gasteiger partial charge < -0.3 is 10.2 Å². The van der Waals surface area contributed by atoms with Gasteiger partial charge in [0.05, 0.1) is 11.2 Å². The Labute approximate surface area is 126 Å². The summed E-state index contributed by atoms with van der Waals surface area (Å²) >= 11 is 3.81. The maximum atomic E-state index is 11.6. The summed E-state index contributed by atoms with van der Waals surface area (Å²) in [5, 5.41) is 23.0. The van der Waals surface area contributed by atoms with Gasteiger partial charge in [-0.25, -0.2) is 0 Å². The minimum atomic E-state index is -0.790. The molecule has 0 amide bonds. The third kappa shape index (κ3) is 0.768. The summed E-state index contributed by atoms with van der Waals surface area (Å²) < 4.78 is 0. The molecule has 6 saturated carbocycles. The third-order valence-corrected chi connectivity index (χ3v) is 9.05. The molecule has 0 saturated heterocycles. The van der Waals surface area contributed by atoms with E-state index in [1.807, 2.05) is 18.2 Å². The topological polar surface area (TPSA) is 40.5 Å². The van der Waals surface area contributed by atoms with Gasteiger partial charge in [-0.1, -0.05) is 46.3 Å². The Hall–Kier alpha value is -0.380. The second kappa shape index (κ2) is 2.90. The quantitative estimate of drug-likeness (QED) is 0.773. The zero-order valence-electron chi connectivity index (χ0n) is 11.0. The molecule has 6 fully saturated rings. The molecule has 1 aromatic carbocycles. The molecule has 10 atom stereocenters. The number of rotatable bonds is 1. The Morgan fingerprint density at radius 3 is 2.40 bits per heavy atom. The number of aliphatic hydroxyl groups is 2. The van der Waals surface area contributed by atoms with Crippen LogP contribution in [0.1, 0.15) is 12.0 Å². The van der Waals surface area contributed by atoms with E-state index in [0.29, 0.717) is 29.6 Å². The number of hydrogen-bond donors (Lipinski definition) is 2. The first kappa shape index (κ1) is 11.2. The van der Waals surface area contributed by atoms with Crippen LogP contribution in [0.3, 0.4) is 0 Å². The van der Waals surface area contributed by atoms with Crippen molar-refractivity contribution in [1.29, 1.82) is 0 Å². The molecular weight excluding hydrogens is 316 g/mol. The summed E-state index contributed by atoms with van der Waals surface area (Å²) in [6.07, 6.45) is 1.24. The van der Waals surface area contributed by atoms with Crippen molar-refractivity contribution < 1.29 is 10.2 Å². The molecule has 6 aliphatic carbocycles. The van der Waals surface area contributed by atoms with Gasteiger partial charge in [0.15, 0.2) is 0 Å². The maximum absolute atomic E-state index is 11.6. The van der Waals surface area contributed by atoms with E-state index in [0.717, 1.165) is 5.56 Å². The van der Waals surface area contributed by atoms with Crippen molar-refractivity contribution in [2.75, 3.05) is 0 Å². The van der Waals surface area contributed by atoms with E-state index in [1.54, 1.807) is 0 Å². The molecule has 0 radical (unpaired) electrons. The van der Waals surface area contributed by atoms with Crippen molar-refractivity contribution in [1.82, 2.24) is 0 Å². The fraction of sp³-hybridized carbons (Fsp3) is 0.647. The normalized spacial score (nSPS) is 67.0. The third-order valence-electron chi connectivity index (χ3n) is 7.70. The van der Waals surface area contributed by atoms with Gasteiger partial charge in [-0.3, -0.25) is 0 Å². The van der Waals surface area contributed by atoms with E-state index in [-0.39, 0.29) is 16.7 Å². The smallest absolute Gasteiger partial charge is 0.0989 e. The number of benzene rings is 1. The Kier molecular flexibility index (Phi) is 1.63. The molecule has 0 heterocycles. The first-order chi connectivity index (χ1) is 9.61. The summed E-state index contributed by atoms with van der Waals surface area (Å²) in [4.78, 5) is 0.202. The van der Waals surface area contributed by atoms with Crippen molar-refractivity contribution in [2.24, 2.45) is 41.4 Å². The van der Waals surface area contributed by atoms with E-state index in [4.69, 9.17) is 0 Å². The van der Waals surface area contributed by atoms with Crippen LogP contribution < -0.4 is 0 Å². The molecule has 6 aliphatic rings. The van der Waals surface area contributed by atoms with Gasteiger partial charge in [-0.2, -0.15) is 0 Å². The van der Waals surface area contributed by atoms with Crippen LogP contribution in [-0.2, 0) is 5.60 Å². The van der Waals surface area contributed by atoms with E-state index in [2.05, 4.69) is 28.1 Å². The molecule has 7 rings (SSSR count). The number of halogens is 1. The van der Waals surface area contributed by atoms with Crippen LogP contribution in [0.4, 0.5) is 0 Å². The summed E-state index contributed by atoms with van der Waals surface area (Å²) in [5.41, 5.74) is -0.420. The van der Waals surface area contributed by atoms with Gasteiger partial charge >= 0.3 is 0 Å². The molecule has 6 bridgehead atoms. The molecular formula is C17H17BrO2. The first-order valence-corrected chi connectivity index (χ1v) is 8.67. The molecule has 20 heavy (non-hydrogen) atoms. The number of alkyl halides is 1. The Bertz CT molecular complexity index is 631. The molecule has 104 valence electrons. The molecule has 0 unspecified atom stereocenters. The largest absolute Gasteiger partial charge is 0.388 e. The van der Waals surface area contributed by atoms with E-state index in [1.165, 1.54) is 6.42 Å². The Morgan fingerprint density at radius 2 is 1.70 bits per heavy atom. The minimum Gasteiger partial charge on any atom is -0.388 e. The lowest BCUT2D eigenvalue weighted by Crippen LogP contribution is -2.47. The van der Waals surface area contributed by atoms with Gasteiger partial charge in [0.1, 0.15) is 0 Å². The second-order valence-corrected chi connectivity index (χ2v) is 8.71. The highest BCUT2D eigenvalue weighted by Crippen LogP contribution is 2.88. The average Bonchev–Trinajstić information content (AvgIpc) is 3.16. The predicted octanol–water partition coefficient (Wildman–Crippen LogP) is 2.14. The second-order valence-electron chi connectivity index (χ2n) is 7.73. The molecule has 2 nitrogen and oxygen atoms in total. The van der Waals surface area contributed by atoms with Crippen LogP contribution in [-0.4, -0.2) is 20.6 Å². The molecule has 2 N–H and O–H groups in total. The van der Waals surface area contributed by atoms with Crippen LogP contribution in [0.2, 0.25) is 0 Å². The van der Waals surface area contributed by atoms with Crippen molar-refractivity contribution in [2.45, 2.75) is 22.5 Å². The van der Waals surface area contributed by atoms with Crippen LogP contribution in [0.5, 0.6) is 0 Å². The molecule has 3 heteroatoms. The highest BCUT2D eigenvalue weighted by atomic mass is 79.9. The summed E-state index contributed by atoms with van der Waals surface area (Å²) in [5.74, 6) is 3.09. The van der Waals surface area contributed by atoms with Crippen molar-refractivity contribution in [3.63, 3.8) is 0 Å². The van der Waals surface area contributed by atoms with E-state index in [9.17, 15) is 10.2 Å². The van der Waals surface area contributed by atoms with Crippen LogP contribution in [0.15, 0.2) is 30.3 Å². The summed E-state index contributed by atoms with van der Waals surface area (Å²) in [6.45, 7) is 0. The van der Waals surface area contributed by atoms with Gasteiger partial charge in [0.25, 0.3) is 0 Å². The van der Waals surface area contributed by atoms with Gasteiger partial charge in [-0.15, -0.1) is 0 Å². The molecule has 0 aromatic heterocycles. The van der Waals surface area contributed by atoms with Crippen LogP contribution in [0, 0.1) is 41.4 Å². The van der Waals surface area contributed by atoms with Gasteiger partial charge in [0, 0.05) is 16.7 Å². The van der Waals surface area contributed by atoms with Crippen molar-refractivity contribution in [3.8, 4) is 0 Å². The lowest BCUT2D eigenvalue weighted by molar-refractivity contribution is -0.0777. The highest BCUT2D eigenvalue weighted by Gasteiger charge is 2.92. The standard InChI is InChI=1S/C17H17BrO2/c18-15-11-9-6-8-10(11)14-16(19,7-4-2-1-3-5-7)12(8)13(9)17(14,15)20/h1-5,8-15,19-20H,6H2/t8-,9-,10+,11-,12-,13+,14+,15-,16+,17+/m0/s1. The van der Waals surface area contributed by atoms with E-state index < -0.39 is 11.2 Å². The van der Waals surface area contributed by atoms with Crippen LogP contribution in [0.25, 0.3) is 0 Å². The SMILES string of the molecule is O[C@]1(c2ccccc2)[C@H]2[C@H]3C[C@H]4[C@H]5[C@@H]3[C@H]1[C@](O)([C@H]42)[C@H]5Br. The monoisotopic (exact) mass is 332 g/mol. The molecule has 0 spiro atoms. The Balaban J connectivity index is 1.65. The van der Waals surface area contributed by atoms with Crippen LogP contribution >= 0.6 is 15.9 Å². The lowest BCUT2D eigenvalue weighted by atomic mass is 9.69. The fourth-order valence-electron chi connectivity index (χ4n) is 7.73. The number of hydrogen-bond acceptors (Lipinski definition) is 2. The van der Waals surface area contributed by atoms with Crippen molar-refractivity contribution in [3.05, 3.63) is 35.9 Å². The predicted molar refractivity (Wildman–Crippen MR) is 77.1 cm³/mol.